The molecular weight excluding hydrogens is 214 g/mol. The zero-order valence-corrected chi connectivity index (χ0v) is 7.39. The van der Waals surface area contributed by atoms with E-state index in [2.05, 4.69) is 4.42 Å². The summed E-state index contributed by atoms with van der Waals surface area (Å²) in [5.41, 5.74) is 5.07. The highest BCUT2D eigenvalue weighted by atomic mass is 19.3. The van der Waals surface area contributed by atoms with Crippen LogP contribution in [-0.4, -0.2) is 22.6 Å². The van der Waals surface area contributed by atoms with Crippen LogP contribution in [-0.2, 0) is 0 Å². The van der Waals surface area contributed by atoms with Gasteiger partial charge in [0.1, 0.15) is 23.3 Å². The first-order valence-corrected chi connectivity index (χ1v) is 3.87. The number of rotatable bonds is 4. The zero-order valence-electron chi connectivity index (χ0n) is 7.39. The van der Waals surface area contributed by atoms with Crippen molar-refractivity contribution in [1.82, 2.24) is 0 Å². The molecule has 0 saturated carbocycles. The van der Waals surface area contributed by atoms with Crippen LogP contribution >= 0.6 is 0 Å². The minimum Gasteiger partial charge on any atom is -0.404 e. The van der Waals surface area contributed by atoms with Crippen LogP contribution in [0.15, 0.2) is 16.5 Å². The summed E-state index contributed by atoms with van der Waals surface area (Å²) in [5.74, 6) is -4.69. The fraction of sp³-hybridized carbons (Fsp3) is 0.429. The van der Waals surface area contributed by atoms with Crippen molar-refractivity contribution < 1.29 is 23.2 Å². The summed E-state index contributed by atoms with van der Waals surface area (Å²) in [6.45, 7) is -1.46. The third-order valence-corrected chi connectivity index (χ3v) is 1.76. The first-order valence-electron chi connectivity index (χ1n) is 3.87. The van der Waals surface area contributed by atoms with Crippen LogP contribution in [0.1, 0.15) is 11.8 Å². The van der Waals surface area contributed by atoms with Crippen molar-refractivity contribution in [3.8, 4) is 0 Å². The van der Waals surface area contributed by atoms with Gasteiger partial charge in [0.15, 0.2) is 0 Å². The Morgan fingerprint density at radius 2 is 2.27 bits per heavy atom. The van der Waals surface area contributed by atoms with E-state index in [1.54, 1.807) is 0 Å². The van der Waals surface area contributed by atoms with Crippen LogP contribution in [0.3, 0.4) is 0 Å². The summed E-state index contributed by atoms with van der Waals surface area (Å²) in [4.78, 5) is 9.32. The van der Waals surface area contributed by atoms with Crippen LogP contribution < -0.4 is 5.73 Å². The normalized spacial score (nSPS) is 13.9. The minimum atomic E-state index is -3.58. The van der Waals surface area contributed by atoms with E-state index in [-0.39, 0.29) is 0 Å². The Hall–Kier alpha value is -1.54. The van der Waals surface area contributed by atoms with Crippen molar-refractivity contribution in [3.05, 3.63) is 28.0 Å². The van der Waals surface area contributed by atoms with Gasteiger partial charge in [0.2, 0.25) is 0 Å². The van der Waals surface area contributed by atoms with Gasteiger partial charge < -0.3 is 15.3 Å². The van der Waals surface area contributed by atoms with E-state index in [9.17, 15) is 18.9 Å². The number of hydrogen-bond acceptors (Lipinski definition) is 5. The summed E-state index contributed by atoms with van der Waals surface area (Å²) in [6, 6.07) is -0.00846. The number of aliphatic hydroxyl groups is 1. The highest BCUT2D eigenvalue weighted by Gasteiger charge is 2.40. The number of furan rings is 1. The summed E-state index contributed by atoms with van der Waals surface area (Å²) in [6.07, 6.45) is 0. The third-order valence-electron chi connectivity index (χ3n) is 1.76. The van der Waals surface area contributed by atoms with Gasteiger partial charge in [0, 0.05) is 0 Å². The second kappa shape index (κ2) is 3.91. The number of nitro groups is 1. The van der Waals surface area contributed by atoms with Gasteiger partial charge in [-0.15, -0.1) is 0 Å². The van der Waals surface area contributed by atoms with Gasteiger partial charge in [-0.05, 0) is 6.07 Å². The summed E-state index contributed by atoms with van der Waals surface area (Å²) in [5, 5.41) is 18.5. The average Bonchev–Trinajstić information content (AvgIpc) is 2.65. The summed E-state index contributed by atoms with van der Waals surface area (Å²) in [7, 11) is 0. The lowest BCUT2D eigenvalue weighted by molar-refractivity contribution is -0.402. The van der Waals surface area contributed by atoms with E-state index in [4.69, 9.17) is 10.8 Å². The number of hydrogen-bond donors (Lipinski definition) is 2. The Kier molecular flexibility index (Phi) is 3.01. The molecule has 0 aliphatic rings. The van der Waals surface area contributed by atoms with Crippen LogP contribution in [0.5, 0.6) is 0 Å². The molecule has 0 saturated heterocycles. The van der Waals surface area contributed by atoms with E-state index in [1.807, 2.05) is 0 Å². The maximum Gasteiger partial charge on any atom is 0.433 e. The molecule has 1 aromatic heterocycles. The van der Waals surface area contributed by atoms with Crippen molar-refractivity contribution in [2.24, 2.45) is 5.73 Å². The molecule has 0 aromatic carbocycles. The van der Waals surface area contributed by atoms with E-state index in [1.165, 1.54) is 0 Å². The standard InChI is InChI=1S/C7H8F2N2O4/c8-7(9,3-12)6(10)4-1-2-5(15-4)11(13)14/h1-2,6,12H,3,10H2/t6-/m0/s1. The SMILES string of the molecule is N[C@@H](c1ccc([N+](=O)[O-])o1)C(F)(F)CO. The Morgan fingerprint density at radius 1 is 1.67 bits per heavy atom. The van der Waals surface area contributed by atoms with Gasteiger partial charge in [0.25, 0.3) is 5.92 Å². The molecule has 0 amide bonds. The van der Waals surface area contributed by atoms with Crippen molar-refractivity contribution in [2.45, 2.75) is 12.0 Å². The van der Waals surface area contributed by atoms with E-state index in [0.29, 0.717) is 0 Å². The minimum absolute atomic E-state index is 0.444. The highest BCUT2D eigenvalue weighted by molar-refractivity contribution is 5.20. The van der Waals surface area contributed by atoms with Crippen LogP contribution in [0.4, 0.5) is 14.7 Å². The summed E-state index contributed by atoms with van der Waals surface area (Å²) < 4.78 is 30.2. The smallest absolute Gasteiger partial charge is 0.404 e. The second-order valence-electron chi connectivity index (χ2n) is 2.83. The number of nitrogens with two attached hydrogens (primary N) is 1. The molecule has 3 N–H and O–H groups in total. The number of aliphatic hydroxyl groups excluding tert-OH is 1. The molecule has 0 unspecified atom stereocenters. The lowest BCUT2D eigenvalue weighted by Crippen LogP contribution is -2.35. The van der Waals surface area contributed by atoms with Gasteiger partial charge >= 0.3 is 5.88 Å². The predicted octanol–water partition coefficient (Wildman–Crippen LogP) is 0.815. The lowest BCUT2D eigenvalue weighted by Gasteiger charge is -2.18. The molecular formula is C7H8F2N2O4. The molecule has 84 valence electrons. The maximum absolute atomic E-state index is 12.8. The predicted molar refractivity (Wildman–Crippen MR) is 44.3 cm³/mol. The van der Waals surface area contributed by atoms with Gasteiger partial charge in [-0.2, -0.15) is 0 Å². The molecule has 0 radical (unpaired) electrons. The Bertz CT molecular complexity index is 366. The topological polar surface area (TPSA) is 103 Å². The number of halogens is 2. The van der Waals surface area contributed by atoms with Gasteiger partial charge in [-0.3, -0.25) is 10.1 Å². The molecule has 0 aliphatic carbocycles. The van der Waals surface area contributed by atoms with Crippen molar-refractivity contribution in [2.75, 3.05) is 6.61 Å². The Labute approximate surface area is 82.4 Å². The largest absolute Gasteiger partial charge is 0.433 e. The molecule has 15 heavy (non-hydrogen) atoms. The van der Waals surface area contributed by atoms with Crippen LogP contribution in [0.25, 0.3) is 0 Å². The number of nitrogens with zero attached hydrogens (tertiary/aromatic N) is 1. The molecule has 8 heteroatoms. The first-order chi connectivity index (χ1) is 6.88. The number of alkyl halides is 2. The van der Waals surface area contributed by atoms with E-state index in [0.717, 1.165) is 12.1 Å². The molecule has 1 heterocycles. The molecule has 0 aliphatic heterocycles. The van der Waals surface area contributed by atoms with Gasteiger partial charge in [0.05, 0.1) is 6.07 Å². The molecule has 0 spiro atoms. The van der Waals surface area contributed by atoms with Crippen molar-refractivity contribution in [1.29, 1.82) is 0 Å². The molecule has 6 nitrogen and oxygen atoms in total. The van der Waals surface area contributed by atoms with E-state index >= 15 is 0 Å². The quantitative estimate of drug-likeness (QED) is 0.579. The van der Waals surface area contributed by atoms with Crippen LogP contribution in [0, 0.1) is 10.1 Å². The Balaban J connectivity index is 2.92. The average molecular weight is 222 g/mol. The fourth-order valence-electron chi connectivity index (χ4n) is 0.914. The molecule has 1 atom stereocenters. The maximum atomic E-state index is 12.8. The zero-order chi connectivity index (χ0) is 11.6. The van der Waals surface area contributed by atoms with Crippen LogP contribution in [0.2, 0.25) is 0 Å². The molecule has 0 bridgehead atoms. The highest BCUT2D eigenvalue weighted by Crippen LogP contribution is 2.31. The second-order valence-corrected chi connectivity index (χ2v) is 2.83. The van der Waals surface area contributed by atoms with E-state index < -0.39 is 35.1 Å². The van der Waals surface area contributed by atoms with Gasteiger partial charge in [-0.1, -0.05) is 0 Å². The van der Waals surface area contributed by atoms with Crippen molar-refractivity contribution in [3.63, 3.8) is 0 Å². The lowest BCUT2D eigenvalue weighted by atomic mass is 10.1. The summed E-state index contributed by atoms with van der Waals surface area (Å²) >= 11 is 0. The molecule has 1 aromatic rings. The monoisotopic (exact) mass is 222 g/mol. The fourth-order valence-corrected chi connectivity index (χ4v) is 0.914. The third kappa shape index (κ3) is 2.28. The Morgan fingerprint density at radius 3 is 2.67 bits per heavy atom. The first kappa shape index (κ1) is 11.5. The molecule has 1 rings (SSSR count). The van der Waals surface area contributed by atoms with Crippen molar-refractivity contribution >= 4 is 5.88 Å². The van der Waals surface area contributed by atoms with Gasteiger partial charge in [-0.25, -0.2) is 8.78 Å². The molecule has 0 fully saturated rings.